The van der Waals surface area contributed by atoms with E-state index in [9.17, 15) is 0 Å². The summed E-state index contributed by atoms with van der Waals surface area (Å²) in [4.78, 5) is 0. The largest absolute Gasteiger partial charge is 0.496 e. The summed E-state index contributed by atoms with van der Waals surface area (Å²) in [5, 5.41) is 2.18. The topological polar surface area (TPSA) is 94.8 Å². The summed E-state index contributed by atoms with van der Waals surface area (Å²) < 4.78 is 66.1. The summed E-state index contributed by atoms with van der Waals surface area (Å²) in [6.07, 6.45) is 0. The quantitative estimate of drug-likeness (QED) is 0.119. The Hall–Kier alpha value is -8.16. The third kappa shape index (κ3) is 8.60. The molecule has 1 aliphatic rings. The molecule has 0 aliphatic heterocycles. The highest BCUT2D eigenvalue weighted by Gasteiger charge is 2.43. The maximum absolute atomic E-state index is 7.96. The van der Waals surface area contributed by atoms with E-state index in [2.05, 4.69) is 121 Å². The minimum Gasteiger partial charge on any atom is -0.496 e. The Kier molecular flexibility index (Phi) is 13.8. The van der Waals surface area contributed by atoms with Gasteiger partial charge in [-0.25, -0.2) is 0 Å². The zero-order valence-electron chi connectivity index (χ0n) is 44.9. The second-order valence-corrected chi connectivity index (χ2v) is 22.5. The zero-order valence-corrected chi connectivity index (χ0v) is 49.6. The van der Waals surface area contributed by atoms with E-state index in [0.29, 0.717) is 85.2 Å². The number of hydrogen-bond donors (Lipinski definition) is 0. The first-order chi connectivity index (χ1) is 39.7. The highest BCUT2D eigenvalue weighted by atomic mass is 79.9. The van der Waals surface area contributed by atoms with Crippen LogP contribution < -0.4 is 28.4 Å². The Labute approximate surface area is 493 Å². The summed E-state index contributed by atoms with van der Waals surface area (Å²) in [5.74, 6) is 2.83. The number of benzene rings is 9. The molecule has 0 N–H and O–H groups in total. The zero-order chi connectivity index (χ0) is 55.6. The molecule has 13 rings (SSSR count). The van der Waals surface area contributed by atoms with Crippen LogP contribution in [0, 0.1) is 0 Å². The molecule has 81 heavy (non-hydrogen) atoms. The van der Waals surface area contributed by atoms with Gasteiger partial charge in [0.2, 0.25) is 0 Å². The Morgan fingerprint density at radius 3 is 0.753 bits per heavy atom. The maximum Gasteiger partial charge on any atom is 0.146 e. The lowest BCUT2D eigenvalue weighted by Crippen LogP contribution is -2.07. The summed E-state index contributed by atoms with van der Waals surface area (Å²) in [6, 6.07) is 61.9. The monoisotopic (exact) mass is 1260 g/mol. The molecule has 0 saturated heterocycles. The molecule has 12 heteroatoms. The van der Waals surface area contributed by atoms with Gasteiger partial charge in [0, 0.05) is 48.3 Å². The van der Waals surface area contributed by atoms with Gasteiger partial charge in [0.1, 0.15) is 68.5 Å². The van der Waals surface area contributed by atoms with Crippen LogP contribution in [0.15, 0.2) is 209 Å². The number of ether oxygens (including phenoxy) is 6. The van der Waals surface area contributed by atoms with E-state index in [0.717, 1.165) is 79.6 Å². The van der Waals surface area contributed by atoms with Crippen molar-refractivity contribution in [3.05, 3.63) is 246 Å². The molecule has 9 aromatic carbocycles. The van der Waals surface area contributed by atoms with Crippen LogP contribution in [0.5, 0.6) is 34.5 Å². The minimum atomic E-state index is -0.716. The van der Waals surface area contributed by atoms with Crippen LogP contribution in [0.3, 0.4) is 0 Å². The highest BCUT2D eigenvalue weighted by Crippen LogP contribution is 2.61. The fourth-order valence-electron chi connectivity index (χ4n) is 12.2. The number of hydrogen-bond acceptors (Lipinski definition) is 9. The molecule has 0 fully saturated rings. The van der Waals surface area contributed by atoms with Crippen molar-refractivity contribution < 1.29 is 41.7 Å². The van der Waals surface area contributed by atoms with Crippen molar-refractivity contribution >= 4 is 80.7 Å². The Bertz CT molecular complexity index is 3880. The van der Waals surface area contributed by atoms with E-state index < -0.39 is 17.8 Å². The molecule has 9 nitrogen and oxygen atoms in total. The Morgan fingerprint density at radius 1 is 0.296 bits per heavy atom. The van der Waals surface area contributed by atoms with Crippen molar-refractivity contribution in [1.82, 2.24) is 0 Å². The van der Waals surface area contributed by atoms with Crippen LogP contribution in [0.4, 0.5) is 0 Å². The summed E-state index contributed by atoms with van der Waals surface area (Å²) in [6.45, 7) is 0. The fourth-order valence-corrected chi connectivity index (χ4v) is 13.0. The van der Waals surface area contributed by atoms with Gasteiger partial charge in [0.25, 0.3) is 0 Å². The van der Waals surface area contributed by atoms with Gasteiger partial charge >= 0.3 is 0 Å². The van der Waals surface area contributed by atoms with Gasteiger partial charge in [-0.1, -0.05) is 175 Å². The Morgan fingerprint density at radius 2 is 0.531 bits per heavy atom. The number of fused-ring (bicyclic) bond motifs is 3. The van der Waals surface area contributed by atoms with Crippen molar-refractivity contribution in [2.75, 3.05) is 42.7 Å². The van der Waals surface area contributed by atoms with Gasteiger partial charge in [-0.15, -0.1) is 0 Å². The van der Waals surface area contributed by atoms with Crippen molar-refractivity contribution in [2.24, 2.45) is 0 Å². The van der Waals surface area contributed by atoms with Crippen LogP contribution in [-0.4, -0.2) is 42.7 Å². The van der Waals surface area contributed by atoms with Crippen LogP contribution >= 0.6 is 47.8 Å². The summed E-state index contributed by atoms with van der Waals surface area (Å²) >= 11 is 11.3. The maximum atomic E-state index is 7.96. The molecular formula is C69H51Br3O9. The molecule has 1 aliphatic carbocycles. The van der Waals surface area contributed by atoms with Crippen molar-refractivity contribution in [3.63, 3.8) is 0 Å². The van der Waals surface area contributed by atoms with E-state index in [-0.39, 0.29) is 0 Å². The average molecular weight is 1260 g/mol. The molecule has 0 amide bonds. The van der Waals surface area contributed by atoms with Crippen molar-refractivity contribution in [1.29, 1.82) is 0 Å². The average Bonchev–Trinajstić information content (AvgIpc) is 4.24. The molecule has 3 heterocycles. The first kappa shape index (κ1) is 52.2. The highest BCUT2D eigenvalue weighted by molar-refractivity contribution is 9.11. The predicted molar refractivity (Wildman–Crippen MR) is 330 cm³/mol. The molecule has 3 aromatic heterocycles. The van der Waals surface area contributed by atoms with E-state index in [1.807, 2.05) is 109 Å². The van der Waals surface area contributed by atoms with Crippen LogP contribution in [0.1, 0.15) is 68.4 Å². The number of methoxy groups -OCH3 is 6. The molecule has 402 valence electrons. The fraction of sp³-hybridized carbons (Fsp3) is 0.130. The van der Waals surface area contributed by atoms with E-state index >= 15 is 0 Å². The normalized spacial score (nSPS) is 14.9. The minimum absolute atomic E-state index is 0.518. The lowest BCUT2D eigenvalue weighted by Gasteiger charge is -2.22. The smallest absolute Gasteiger partial charge is 0.146 e. The van der Waals surface area contributed by atoms with Gasteiger partial charge in [-0.05, 0) is 69.8 Å². The predicted octanol–water partition coefficient (Wildman–Crippen LogP) is 19.1. The second kappa shape index (κ2) is 21.4. The number of furan rings is 3. The van der Waals surface area contributed by atoms with Gasteiger partial charge in [0.05, 0.1) is 93.3 Å². The summed E-state index contributed by atoms with van der Waals surface area (Å²) in [7, 11) is 10.1. The van der Waals surface area contributed by atoms with Crippen molar-refractivity contribution in [3.8, 4) is 67.9 Å². The molecule has 0 radical (unpaired) electrons. The van der Waals surface area contributed by atoms with Crippen LogP contribution in [-0.2, 0) is 0 Å². The number of rotatable bonds is 12. The first-order valence-corrected chi connectivity index (χ1v) is 28.6. The molecule has 3 unspecified atom stereocenters. The third-order valence-electron chi connectivity index (χ3n) is 15.6. The molecule has 3 atom stereocenters. The molecule has 0 spiro atoms. The van der Waals surface area contributed by atoms with Gasteiger partial charge in [-0.3, -0.25) is 0 Å². The van der Waals surface area contributed by atoms with Gasteiger partial charge in [0.15, 0.2) is 0 Å². The van der Waals surface area contributed by atoms with Crippen molar-refractivity contribution in [2.45, 2.75) is 17.8 Å². The molecule has 12 bridgehead atoms. The van der Waals surface area contributed by atoms with Crippen LogP contribution in [0.25, 0.3) is 66.3 Å². The summed E-state index contributed by atoms with van der Waals surface area (Å²) in [5.41, 5.74) is 11.4. The van der Waals surface area contributed by atoms with Gasteiger partial charge < -0.3 is 41.7 Å². The Balaban J connectivity index is 1.36. The molecule has 0 saturated carbocycles. The van der Waals surface area contributed by atoms with E-state index in [1.165, 1.54) is 0 Å². The van der Waals surface area contributed by atoms with E-state index in [1.54, 1.807) is 42.7 Å². The third-order valence-corrected chi connectivity index (χ3v) is 17.2. The van der Waals surface area contributed by atoms with E-state index in [4.69, 9.17) is 41.7 Å². The first-order valence-electron chi connectivity index (χ1n) is 26.2. The number of halogens is 3. The standard InChI is InChI=1S/C69H51Br3O9/c1-73-46-34-49(76-4)61-55(40-22-28-43(70)29-23-40)65-53(38-18-12-8-13-19-38)59-47(74-2)36-51(78-6)63-57(42-26-32-45(72)33-27-42)66(81-69(59)63)54(39-20-14-9-15-21-39)60-48(75-3)35-50(77-5)62-56(41-24-30-44(71)31-25-41)64(80-68(60)62)52(58(46)67(61)79-65)37-16-10-7-11-17-37/h7-36,52-54H,1-6H3. The molecular weight excluding hydrogens is 1210 g/mol. The lowest BCUT2D eigenvalue weighted by molar-refractivity contribution is 0.389. The van der Waals surface area contributed by atoms with Gasteiger partial charge in [-0.2, -0.15) is 0 Å². The lowest BCUT2D eigenvalue weighted by atomic mass is 9.81. The SMILES string of the molecule is COc1cc(OC)c2c(-c3ccc(Br)cc3)c3oc2c1C(c1ccccc1)c1oc2c(c(OC)cc(OC)c2c1-c1ccc(Br)cc1)C(c1ccccc1)c1oc2c(c(OC)cc(OC)c2c1-c1ccc(Br)cc1)C3c1ccccc1. The second-order valence-electron chi connectivity index (χ2n) is 19.8. The molecule has 12 aromatic rings. The van der Waals surface area contributed by atoms with Crippen LogP contribution in [0.2, 0.25) is 0 Å².